The number of nitrogens with zero attached hydrogens (tertiary/aromatic N) is 5. The third-order valence-electron chi connectivity index (χ3n) is 5.73. The SMILES string of the molecule is O=C1C(=O)N(C2CC3CC3C2)CCN1Cc1ccc(-c2nccs2)nn1. The van der Waals surface area contributed by atoms with Crippen LogP contribution in [0.25, 0.3) is 10.7 Å². The zero-order valence-corrected chi connectivity index (χ0v) is 15.1. The summed E-state index contributed by atoms with van der Waals surface area (Å²) >= 11 is 1.51. The molecule has 2 aromatic rings. The van der Waals surface area contributed by atoms with E-state index < -0.39 is 5.91 Å². The lowest BCUT2D eigenvalue weighted by atomic mass is 10.1. The van der Waals surface area contributed by atoms with Gasteiger partial charge in [0.2, 0.25) is 0 Å². The quantitative estimate of drug-likeness (QED) is 0.765. The van der Waals surface area contributed by atoms with Gasteiger partial charge in [0.05, 0.1) is 12.2 Å². The van der Waals surface area contributed by atoms with Crippen molar-refractivity contribution in [1.29, 1.82) is 0 Å². The van der Waals surface area contributed by atoms with Crippen LogP contribution in [0.1, 0.15) is 25.0 Å². The summed E-state index contributed by atoms with van der Waals surface area (Å²) in [6.07, 6.45) is 5.20. The Balaban J connectivity index is 1.24. The van der Waals surface area contributed by atoms with Gasteiger partial charge in [-0.15, -0.1) is 16.4 Å². The lowest BCUT2D eigenvalue weighted by molar-refractivity contribution is -0.158. The summed E-state index contributed by atoms with van der Waals surface area (Å²) in [4.78, 5) is 32.7. The van der Waals surface area contributed by atoms with Crippen LogP contribution in [0.4, 0.5) is 0 Å². The molecule has 2 amide bonds. The number of carbonyl (C=O) groups is 2. The van der Waals surface area contributed by atoms with Crippen molar-refractivity contribution in [1.82, 2.24) is 25.0 Å². The van der Waals surface area contributed by atoms with Crippen LogP contribution in [0.2, 0.25) is 0 Å². The van der Waals surface area contributed by atoms with Crippen molar-refractivity contribution in [3.63, 3.8) is 0 Å². The van der Waals surface area contributed by atoms with Gasteiger partial charge < -0.3 is 9.80 Å². The van der Waals surface area contributed by atoms with E-state index in [0.717, 1.165) is 35.4 Å². The highest BCUT2D eigenvalue weighted by molar-refractivity contribution is 7.13. The topological polar surface area (TPSA) is 79.3 Å². The Hall–Kier alpha value is -2.35. The molecule has 0 radical (unpaired) electrons. The average molecular weight is 369 g/mol. The van der Waals surface area contributed by atoms with Crippen molar-refractivity contribution in [2.45, 2.75) is 31.8 Å². The molecule has 8 heteroatoms. The van der Waals surface area contributed by atoms with Gasteiger partial charge in [-0.25, -0.2) is 4.98 Å². The summed E-state index contributed by atoms with van der Waals surface area (Å²) < 4.78 is 0. The van der Waals surface area contributed by atoms with Crippen molar-refractivity contribution in [2.24, 2.45) is 11.8 Å². The van der Waals surface area contributed by atoms with E-state index in [9.17, 15) is 9.59 Å². The van der Waals surface area contributed by atoms with E-state index in [0.29, 0.717) is 25.3 Å². The molecule has 5 rings (SSSR count). The molecule has 2 saturated carbocycles. The summed E-state index contributed by atoms with van der Waals surface area (Å²) in [6, 6.07) is 3.97. The van der Waals surface area contributed by atoms with Crippen LogP contribution in [0.3, 0.4) is 0 Å². The third kappa shape index (κ3) is 2.78. The minimum absolute atomic E-state index is 0.273. The van der Waals surface area contributed by atoms with Gasteiger partial charge in [-0.2, -0.15) is 5.10 Å². The fourth-order valence-electron chi connectivity index (χ4n) is 4.23. The molecule has 3 aliphatic rings. The van der Waals surface area contributed by atoms with E-state index in [1.807, 2.05) is 22.4 Å². The molecule has 2 atom stereocenters. The first-order chi connectivity index (χ1) is 12.7. The van der Waals surface area contributed by atoms with Crippen LogP contribution in [0.5, 0.6) is 0 Å². The Morgan fingerprint density at radius 2 is 1.88 bits per heavy atom. The Morgan fingerprint density at radius 3 is 2.58 bits per heavy atom. The molecule has 0 N–H and O–H groups in total. The van der Waals surface area contributed by atoms with Gasteiger partial charge in [0.1, 0.15) is 10.7 Å². The summed E-state index contributed by atoms with van der Waals surface area (Å²) in [5.41, 5.74) is 1.40. The lowest BCUT2D eigenvalue weighted by Crippen LogP contribution is -2.56. The molecule has 26 heavy (non-hydrogen) atoms. The normalized spacial score (nSPS) is 27.8. The van der Waals surface area contributed by atoms with Gasteiger partial charge in [0, 0.05) is 30.7 Å². The van der Waals surface area contributed by atoms with E-state index in [1.165, 1.54) is 17.8 Å². The number of amides is 2. The van der Waals surface area contributed by atoms with Gasteiger partial charge in [0.15, 0.2) is 0 Å². The highest BCUT2D eigenvalue weighted by Gasteiger charge is 2.50. The number of aromatic nitrogens is 3. The van der Waals surface area contributed by atoms with Gasteiger partial charge >= 0.3 is 11.8 Å². The van der Waals surface area contributed by atoms with E-state index in [1.54, 1.807) is 11.1 Å². The molecule has 7 nitrogen and oxygen atoms in total. The van der Waals surface area contributed by atoms with Crippen molar-refractivity contribution < 1.29 is 9.59 Å². The maximum absolute atomic E-state index is 12.5. The molecule has 2 aliphatic carbocycles. The van der Waals surface area contributed by atoms with Gasteiger partial charge in [-0.05, 0) is 43.2 Å². The van der Waals surface area contributed by atoms with Gasteiger partial charge in [0.25, 0.3) is 0 Å². The first-order valence-corrected chi connectivity index (χ1v) is 9.89. The fourth-order valence-corrected chi connectivity index (χ4v) is 4.83. The third-order valence-corrected chi connectivity index (χ3v) is 6.52. The van der Waals surface area contributed by atoms with Crippen molar-refractivity contribution in [3.8, 4) is 10.7 Å². The van der Waals surface area contributed by atoms with Gasteiger partial charge in [-0.3, -0.25) is 9.59 Å². The zero-order valence-electron chi connectivity index (χ0n) is 14.2. The highest BCUT2D eigenvalue weighted by Crippen LogP contribution is 2.53. The predicted octanol–water partition coefficient (Wildman–Crippen LogP) is 1.57. The molecule has 0 aromatic carbocycles. The van der Waals surface area contributed by atoms with Crippen molar-refractivity contribution >= 4 is 23.2 Å². The molecule has 1 saturated heterocycles. The minimum Gasteiger partial charge on any atom is -0.330 e. The summed E-state index contributed by atoms with van der Waals surface area (Å²) in [6.45, 7) is 1.51. The molecule has 134 valence electrons. The molecule has 3 heterocycles. The standard InChI is InChI=1S/C18H19N5O2S/c24-17-18(25)23(14-8-11-7-12(11)9-14)5-4-22(17)10-13-1-2-15(21-20-13)16-19-3-6-26-16/h1-3,6,11-12,14H,4-5,7-10H2. The first kappa shape index (κ1) is 15.9. The van der Waals surface area contributed by atoms with E-state index >= 15 is 0 Å². The molecule has 2 unspecified atom stereocenters. The van der Waals surface area contributed by atoms with Gasteiger partial charge in [-0.1, -0.05) is 0 Å². The van der Waals surface area contributed by atoms with Crippen molar-refractivity contribution in [3.05, 3.63) is 29.4 Å². The van der Waals surface area contributed by atoms with E-state index in [2.05, 4.69) is 15.2 Å². The van der Waals surface area contributed by atoms with Crippen LogP contribution in [0, 0.1) is 11.8 Å². The largest absolute Gasteiger partial charge is 0.330 e. The molecule has 3 fully saturated rings. The van der Waals surface area contributed by atoms with Crippen molar-refractivity contribution in [2.75, 3.05) is 13.1 Å². The number of thiazole rings is 1. The van der Waals surface area contributed by atoms with Crippen LogP contribution in [-0.4, -0.2) is 55.9 Å². The number of piperazine rings is 1. The number of carbonyl (C=O) groups excluding carboxylic acids is 2. The fraction of sp³-hybridized carbons (Fsp3) is 0.500. The Bertz CT molecular complexity index is 828. The Kier molecular flexibility index (Phi) is 3.74. The average Bonchev–Trinajstić information content (AvgIpc) is 3.05. The number of hydrogen-bond acceptors (Lipinski definition) is 6. The van der Waals surface area contributed by atoms with E-state index in [4.69, 9.17) is 0 Å². The molecule has 1 aliphatic heterocycles. The highest BCUT2D eigenvalue weighted by atomic mass is 32.1. The predicted molar refractivity (Wildman–Crippen MR) is 94.9 cm³/mol. The molecular formula is C18H19N5O2S. The minimum atomic E-state index is -0.414. The second-order valence-electron chi connectivity index (χ2n) is 7.35. The summed E-state index contributed by atoms with van der Waals surface area (Å²) in [5, 5.41) is 11.1. The first-order valence-electron chi connectivity index (χ1n) is 9.01. The Labute approximate surface area is 155 Å². The summed E-state index contributed by atoms with van der Waals surface area (Å²) in [5.74, 6) is 0.831. The maximum Gasteiger partial charge on any atom is 0.312 e. The van der Waals surface area contributed by atoms with Crippen LogP contribution < -0.4 is 0 Å². The van der Waals surface area contributed by atoms with Crippen LogP contribution in [-0.2, 0) is 16.1 Å². The Morgan fingerprint density at radius 1 is 1.04 bits per heavy atom. The monoisotopic (exact) mass is 369 g/mol. The molecule has 0 bridgehead atoms. The molecular weight excluding hydrogens is 350 g/mol. The summed E-state index contributed by atoms with van der Waals surface area (Å²) in [7, 11) is 0. The molecule has 0 spiro atoms. The van der Waals surface area contributed by atoms with Crippen LogP contribution >= 0.6 is 11.3 Å². The maximum atomic E-state index is 12.5. The second-order valence-corrected chi connectivity index (χ2v) is 8.25. The second kappa shape index (κ2) is 6.12. The lowest BCUT2D eigenvalue weighted by Gasteiger charge is -2.37. The number of fused-ring (bicyclic) bond motifs is 1. The smallest absolute Gasteiger partial charge is 0.312 e. The van der Waals surface area contributed by atoms with E-state index in [-0.39, 0.29) is 11.9 Å². The number of rotatable bonds is 4. The molecule has 2 aromatic heterocycles. The number of hydrogen-bond donors (Lipinski definition) is 0. The van der Waals surface area contributed by atoms with Crippen LogP contribution in [0.15, 0.2) is 23.7 Å². The zero-order chi connectivity index (χ0) is 17.7.